The van der Waals surface area contributed by atoms with Crippen LogP contribution in [0.15, 0.2) is 21.5 Å². The molecule has 0 fully saturated rings. The van der Waals surface area contributed by atoms with Gasteiger partial charge in [-0.3, -0.25) is 0 Å². The van der Waals surface area contributed by atoms with Crippen LogP contribution < -0.4 is 15.2 Å². The van der Waals surface area contributed by atoms with Crippen molar-refractivity contribution in [2.45, 2.75) is 37.1 Å². The minimum atomic E-state index is -3.76. The van der Waals surface area contributed by atoms with Gasteiger partial charge in [-0.1, -0.05) is 31.4 Å². The summed E-state index contributed by atoms with van der Waals surface area (Å²) >= 11 is 9.19. The third-order valence-electron chi connectivity index (χ3n) is 2.98. The highest BCUT2D eigenvalue weighted by atomic mass is 79.9. The van der Waals surface area contributed by atoms with E-state index in [9.17, 15) is 8.42 Å². The molecule has 0 saturated heterocycles. The molecule has 0 spiro atoms. The molecule has 0 aliphatic heterocycles. The van der Waals surface area contributed by atoms with Gasteiger partial charge in [-0.25, -0.2) is 13.1 Å². The summed E-state index contributed by atoms with van der Waals surface area (Å²) in [5.41, 5.74) is 5.64. The molecule has 1 aromatic carbocycles. The van der Waals surface area contributed by atoms with Crippen LogP contribution >= 0.6 is 27.5 Å². The Morgan fingerprint density at radius 2 is 2.14 bits per heavy atom. The monoisotopic (exact) mass is 398 g/mol. The smallest absolute Gasteiger partial charge is 0.244 e. The van der Waals surface area contributed by atoms with Gasteiger partial charge in [0.25, 0.3) is 0 Å². The minimum Gasteiger partial charge on any atom is -0.494 e. The molecular formula is C13H20BrClN2O3S. The Balaban J connectivity index is 3.12. The highest BCUT2D eigenvalue weighted by Crippen LogP contribution is 2.35. The number of methoxy groups -OCH3 is 1. The molecule has 0 radical (unpaired) electrons. The summed E-state index contributed by atoms with van der Waals surface area (Å²) in [6.07, 6.45) is 2.57. The molecule has 1 atom stereocenters. The SMILES string of the molecule is CCCCC(CN)NS(=O)(=O)c1cc(Cl)cc(Br)c1OC. The molecule has 120 valence electrons. The van der Waals surface area contributed by atoms with E-state index in [0.717, 1.165) is 12.8 Å². The molecule has 0 amide bonds. The van der Waals surface area contributed by atoms with Crippen LogP contribution in [-0.4, -0.2) is 28.1 Å². The van der Waals surface area contributed by atoms with Crippen LogP contribution in [0.3, 0.4) is 0 Å². The molecule has 21 heavy (non-hydrogen) atoms. The molecule has 0 aliphatic rings. The zero-order valence-corrected chi connectivity index (χ0v) is 15.2. The van der Waals surface area contributed by atoms with Crippen molar-refractivity contribution in [2.75, 3.05) is 13.7 Å². The Kier molecular flexibility index (Phi) is 7.42. The van der Waals surface area contributed by atoms with Gasteiger partial charge >= 0.3 is 0 Å². The van der Waals surface area contributed by atoms with Crippen molar-refractivity contribution in [3.8, 4) is 5.75 Å². The number of nitrogens with one attached hydrogen (secondary N) is 1. The van der Waals surface area contributed by atoms with Crippen LogP contribution in [0.25, 0.3) is 0 Å². The van der Waals surface area contributed by atoms with E-state index in [1.807, 2.05) is 6.92 Å². The van der Waals surface area contributed by atoms with Crippen molar-refractivity contribution in [3.63, 3.8) is 0 Å². The van der Waals surface area contributed by atoms with Gasteiger partial charge in [-0.15, -0.1) is 0 Å². The second-order valence-corrected chi connectivity index (χ2v) is 7.59. The second-order valence-electron chi connectivity index (χ2n) is 4.62. The molecule has 0 saturated carbocycles. The van der Waals surface area contributed by atoms with Crippen molar-refractivity contribution in [1.82, 2.24) is 4.72 Å². The Bertz CT molecular complexity index is 581. The van der Waals surface area contributed by atoms with Crippen LogP contribution in [0, 0.1) is 0 Å². The Morgan fingerprint density at radius 3 is 2.67 bits per heavy atom. The molecule has 0 bridgehead atoms. The quantitative estimate of drug-likeness (QED) is 0.704. The Morgan fingerprint density at radius 1 is 1.48 bits per heavy atom. The number of benzene rings is 1. The summed E-state index contributed by atoms with van der Waals surface area (Å²) in [5, 5.41) is 0.306. The van der Waals surface area contributed by atoms with Crippen LogP contribution in [0.4, 0.5) is 0 Å². The zero-order valence-electron chi connectivity index (χ0n) is 12.0. The third kappa shape index (κ3) is 5.10. The number of rotatable bonds is 8. The van der Waals surface area contributed by atoms with Gasteiger partial charge in [-0.05, 0) is 34.5 Å². The van der Waals surface area contributed by atoms with E-state index in [0.29, 0.717) is 15.9 Å². The molecule has 0 aliphatic carbocycles. The second kappa shape index (κ2) is 8.33. The van der Waals surface area contributed by atoms with E-state index in [1.54, 1.807) is 6.07 Å². The first-order valence-corrected chi connectivity index (χ1v) is 9.26. The lowest BCUT2D eigenvalue weighted by Crippen LogP contribution is -2.40. The maximum atomic E-state index is 12.5. The van der Waals surface area contributed by atoms with Crippen molar-refractivity contribution in [1.29, 1.82) is 0 Å². The first-order valence-electron chi connectivity index (χ1n) is 6.61. The summed E-state index contributed by atoms with van der Waals surface area (Å²) < 4.78 is 33.3. The summed E-state index contributed by atoms with van der Waals surface area (Å²) in [5.74, 6) is 0.221. The topological polar surface area (TPSA) is 81.4 Å². The maximum Gasteiger partial charge on any atom is 0.244 e. The van der Waals surface area contributed by atoms with E-state index in [1.165, 1.54) is 13.2 Å². The fourth-order valence-corrected chi connectivity index (χ4v) is 4.56. The Labute approximate surface area is 139 Å². The van der Waals surface area contributed by atoms with E-state index < -0.39 is 10.0 Å². The molecule has 0 heterocycles. The van der Waals surface area contributed by atoms with Gasteiger partial charge in [0.05, 0.1) is 11.6 Å². The third-order valence-corrected chi connectivity index (χ3v) is 5.31. The van der Waals surface area contributed by atoms with E-state index >= 15 is 0 Å². The molecule has 0 aromatic heterocycles. The highest BCUT2D eigenvalue weighted by Gasteiger charge is 2.25. The van der Waals surface area contributed by atoms with Crippen molar-refractivity contribution in [2.24, 2.45) is 5.73 Å². The molecule has 8 heteroatoms. The van der Waals surface area contributed by atoms with Gasteiger partial charge in [0, 0.05) is 17.6 Å². The number of halogens is 2. The first-order chi connectivity index (χ1) is 9.85. The van der Waals surface area contributed by atoms with Crippen molar-refractivity contribution >= 4 is 37.6 Å². The molecule has 1 aromatic rings. The summed E-state index contributed by atoms with van der Waals surface area (Å²) in [7, 11) is -2.35. The van der Waals surface area contributed by atoms with E-state index in [2.05, 4.69) is 20.7 Å². The Hall–Kier alpha value is -0.340. The van der Waals surface area contributed by atoms with Gasteiger partial charge < -0.3 is 10.5 Å². The lowest BCUT2D eigenvalue weighted by atomic mass is 10.1. The average molecular weight is 400 g/mol. The average Bonchev–Trinajstić information content (AvgIpc) is 2.42. The van der Waals surface area contributed by atoms with Gasteiger partial charge in [-0.2, -0.15) is 0 Å². The predicted molar refractivity (Wildman–Crippen MR) is 88.4 cm³/mol. The first kappa shape index (κ1) is 18.7. The lowest BCUT2D eigenvalue weighted by molar-refractivity contribution is 0.399. The number of hydrogen-bond donors (Lipinski definition) is 2. The standard InChI is InChI=1S/C13H20BrClN2O3S/c1-3-4-5-10(8-16)17-21(18,19)12-7-9(15)6-11(14)13(12)20-2/h6-7,10,17H,3-5,8,16H2,1-2H3. The minimum absolute atomic E-state index is 0.000626. The summed E-state index contributed by atoms with van der Waals surface area (Å²) in [4.78, 5) is -0.000626. The molecular weight excluding hydrogens is 380 g/mol. The molecule has 3 N–H and O–H groups in total. The van der Waals surface area contributed by atoms with E-state index in [4.69, 9.17) is 22.1 Å². The fraction of sp³-hybridized carbons (Fsp3) is 0.538. The number of nitrogens with two attached hydrogens (primary N) is 1. The van der Waals surface area contributed by atoms with Crippen molar-refractivity contribution < 1.29 is 13.2 Å². The number of sulfonamides is 1. The summed E-state index contributed by atoms with van der Waals surface area (Å²) in [6.45, 7) is 2.28. The molecule has 1 unspecified atom stereocenters. The van der Waals surface area contributed by atoms with Crippen LogP contribution in [0.1, 0.15) is 26.2 Å². The zero-order chi connectivity index (χ0) is 16.0. The van der Waals surface area contributed by atoms with Crippen molar-refractivity contribution in [3.05, 3.63) is 21.6 Å². The van der Waals surface area contributed by atoms with E-state index in [-0.39, 0.29) is 23.2 Å². The largest absolute Gasteiger partial charge is 0.494 e. The fourth-order valence-electron chi connectivity index (χ4n) is 1.89. The van der Waals surface area contributed by atoms with Gasteiger partial charge in [0.2, 0.25) is 10.0 Å². The van der Waals surface area contributed by atoms with Crippen LogP contribution in [-0.2, 0) is 10.0 Å². The number of ether oxygens (including phenoxy) is 1. The number of unbranched alkanes of at least 4 members (excludes halogenated alkanes) is 1. The van der Waals surface area contributed by atoms with Crippen LogP contribution in [0.5, 0.6) is 5.75 Å². The number of hydrogen-bond acceptors (Lipinski definition) is 4. The normalized spacial score (nSPS) is 13.2. The van der Waals surface area contributed by atoms with Crippen LogP contribution in [0.2, 0.25) is 5.02 Å². The van der Waals surface area contributed by atoms with Gasteiger partial charge in [0.1, 0.15) is 4.90 Å². The lowest BCUT2D eigenvalue weighted by Gasteiger charge is -2.18. The maximum absolute atomic E-state index is 12.5. The molecule has 5 nitrogen and oxygen atoms in total. The summed E-state index contributed by atoms with van der Waals surface area (Å²) in [6, 6.07) is 2.63. The highest BCUT2D eigenvalue weighted by molar-refractivity contribution is 9.10. The van der Waals surface area contributed by atoms with Gasteiger partial charge in [0.15, 0.2) is 5.75 Å². The predicted octanol–water partition coefficient (Wildman–Crippen LogP) is 2.91. The molecule has 1 rings (SSSR count).